The SMILES string of the molecule is CO[C@@H](NC1=CC(=O)c2ccccc2C1=O)c1ccccn1. The summed E-state index contributed by atoms with van der Waals surface area (Å²) in [6, 6.07) is 12.2. The van der Waals surface area contributed by atoms with Gasteiger partial charge in [0.25, 0.3) is 0 Å². The van der Waals surface area contributed by atoms with E-state index in [0.29, 0.717) is 16.8 Å². The number of hydrogen-bond donors (Lipinski definition) is 1. The van der Waals surface area contributed by atoms with E-state index in [1.165, 1.54) is 13.2 Å². The maximum atomic E-state index is 12.5. The van der Waals surface area contributed by atoms with Crippen molar-refractivity contribution in [3.05, 3.63) is 77.3 Å². The van der Waals surface area contributed by atoms with Crippen molar-refractivity contribution in [1.82, 2.24) is 10.3 Å². The van der Waals surface area contributed by atoms with E-state index >= 15 is 0 Å². The summed E-state index contributed by atoms with van der Waals surface area (Å²) < 4.78 is 5.33. The number of benzene rings is 1. The number of methoxy groups -OCH3 is 1. The number of allylic oxidation sites excluding steroid dienone is 2. The van der Waals surface area contributed by atoms with Crippen molar-refractivity contribution in [2.75, 3.05) is 7.11 Å². The van der Waals surface area contributed by atoms with Gasteiger partial charge in [0.15, 0.2) is 12.0 Å². The molecule has 1 atom stereocenters. The molecule has 0 spiro atoms. The zero-order valence-corrected chi connectivity index (χ0v) is 11.9. The van der Waals surface area contributed by atoms with Crippen LogP contribution in [-0.4, -0.2) is 23.7 Å². The highest BCUT2D eigenvalue weighted by Crippen LogP contribution is 2.22. The van der Waals surface area contributed by atoms with Crippen molar-refractivity contribution < 1.29 is 14.3 Å². The Morgan fingerprint density at radius 3 is 2.45 bits per heavy atom. The Bertz CT molecular complexity index is 754. The Kier molecular flexibility index (Phi) is 3.80. The number of aromatic nitrogens is 1. The summed E-state index contributed by atoms with van der Waals surface area (Å²) in [6.07, 6.45) is 2.34. The van der Waals surface area contributed by atoms with E-state index in [1.807, 2.05) is 6.07 Å². The second-order valence-electron chi connectivity index (χ2n) is 4.81. The Balaban J connectivity index is 1.90. The number of fused-ring (bicyclic) bond motifs is 1. The summed E-state index contributed by atoms with van der Waals surface area (Å²) in [4.78, 5) is 28.8. The van der Waals surface area contributed by atoms with E-state index < -0.39 is 6.23 Å². The topological polar surface area (TPSA) is 68.3 Å². The van der Waals surface area contributed by atoms with Crippen LogP contribution in [0.1, 0.15) is 32.6 Å². The van der Waals surface area contributed by atoms with E-state index in [4.69, 9.17) is 4.74 Å². The van der Waals surface area contributed by atoms with Crippen LogP contribution in [0.3, 0.4) is 0 Å². The van der Waals surface area contributed by atoms with Crippen LogP contribution >= 0.6 is 0 Å². The quantitative estimate of drug-likeness (QED) is 0.876. The summed E-state index contributed by atoms with van der Waals surface area (Å²) in [5.74, 6) is -0.429. The first kappa shape index (κ1) is 14.2. The van der Waals surface area contributed by atoms with Crippen molar-refractivity contribution in [3.8, 4) is 0 Å². The van der Waals surface area contributed by atoms with Crippen molar-refractivity contribution in [2.45, 2.75) is 6.23 Å². The molecule has 0 bridgehead atoms. The predicted octanol–water partition coefficient (Wildman–Crippen LogP) is 2.28. The average Bonchev–Trinajstić information content (AvgIpc) is 2.57. The molecule has 0 saturated carbocycles. The predicted molar refractivity (Wildman–Crippen MR) is 80.3 cm³/mol. The van der Waals surface area contributed by atoms with Gasteiger partial charge in [-0.3, -0.25) is 14.6 Å². The number of nitrogens with zero attached hydrogens (tertiary/aromatic N) is 1. The van der Waals surface area contributed by atoms with Crippen LogP contribution in [0, 0.1) is 0 Å². The molecule has 5 nitrogen and oxygen atoms in total. The third-order valence-corrected chi connectivity index (χ3v) is 3.44. The molecule has 0 amide bonds. The highest BCUT2D eigenvalue weighted by molar-refractivity contribution is 6.24. The zero-order valence-electron chi connectivity index (χ0n) is 11.9. The third-order valence-electron chi connectivity index (χ3n) is 3.44. The number of rotatable bonds is 4. The summed E-state index contributed by atoms with van der Waals surface area (Å²) in [7, 11) is 1.51. The molecule has 1 aliphatic carbocycles. The fraction of sp³-hybridized carbons (Fsp3) is 0.118. The van der Waals surface area contributed by atoms with Gasteiger partial charge in [-0.15, -0.1) is 0 Å². The smallest absolute Gasteiger partial charge is 0.209 e. The minimum atomic E-state index is -0.602. The summed E-state index contributed by atoms with van der Waals surface area (Å²) in [5, 5.41) is 2.95. The van der Waals surface area contributed by atoms with E-state index in [2.05, 4.69) is 10.3 Å². The normalized spacial score (nSPS) is 15.0. The van der Waals surface area contributed by atoms with Crippen LogP contribution in [0.15, 0.2) is 60.4 Å². The molecule has 22 heavy (non-hydrogen) atoms. The Labute approximate surface area is 127 Å². The molecule has 110 valence electrons. The lowest BCUT2D eigenvalue weighted by Crippen LogP contribution is -2.31. The molecule has 0 unspecified atom stereocenters. The molecule has 1 heterocycles. The first-order valence-corrected chi connectivity index (χ1v) is 6.80. The van der Waals surface area contributed by atoms with Crippen LogP contribution in [-0.2, 0) is 4.74 Å². The number of ketones is 2. The van der Waals surface area contributed by atoms with Crippen molar-refractivity contribution in [2.24, 2.45) is 0 Å². The van der Waals surface area contributed by atoms with Gasteiger partial charge in [0, 0.05) is 30.5 Å². The zero-order chi connectivity index (χ0) is 15.5. The number of nitrogens with one attached hydrogen (secondary N) is 1. The molecule has 2 aromatic rings. The molecule has 5 heteroatoms. The summed E-state index contributed by atoms with van der Waals surface area (Å²) >= 11 is 0. The van der Waals surface area contributed by atoms with Gasteiger partial charge < -0.3 is 10.1 Å². The van der Waals surface area contributed by atoms with Crippen molar-refractivity contribution in [3.63, 3.8) is 0 Å². The Hall–Kier alpha value is -2.79. The fourth-order valence-electron chi connectivity index (χ4n) is 2.35. The number of carbonyl (C=O) groups excluding carboxylic acids is 2. The molecule has 0 radical (unpaired) electrons. The molecule has 0 aliphatic heterocycles. The molecule has 1 aromatic carbocycles. The van der Waals surface area contributed by atoms with Gasteiger partial charge in [0.05, 0.1) is 11.4 Å². The van der Waals surface area contributed by atoms with Crippen LogP contribution in [0.5, 0.6) is 0 Å². The molecule has 3 rings (SSSR count). The van der Waals surface area contributed by atoms with E-state index in [9.17, 15) is 9.59 Å². The van der Waals surface area contributed by atoms with Crippen LogP contribution in [0.25, 0.3) is 0 Å². The lowest BCUT2D eigenvalue weighted by atomic mass is 9.92. The molecule has 1 aliphatic rings. The van der Waals surface area contributed by atoms with E-state index in [1.54, 1.807) is 42.6 Å². The average molecular weight is 294 g/mol. The monoisotopic (exact) mass is 294 g/mol. The first-order valence-electron chi connectivity index (χ1n) is 6.80. The maximum Gasteiger partial charge on any atom is 0.209 e. The van der Waals surface area contributed by atoms with Gasteiger partial charge in [-0.2, -0.15) is 0 Å². The second-order valence-corrected chi connectivity index (χ2v) is 4.81. The standard InChI is InChI=1S/C17H14N2O3/c1-22-17(13-8-4-5-9-18-13)19-14-10-15(20)11-6-2-3-7-12(11)16(14)21/h2-10,17,19H,1H3/t17-/m1/s1. The molecule has 1 aromatic heterocycles. The molecule has 1 N–H and O–H groups in total. The summed E-state index contributed by atoms with van der Waals surface area (Å²) in [6.45, 7) is 0. The van der Waals surface area contributed by atoms with Gasteiger partial charge in [-0.25, -0.2) is 0 Å². The van der Waals surface area contributed by atoms with Gasteiger partial charge in [0.2, 0.25) is 5.78 Å². The lowest BCUT2D eigenvalue weighted by molar-refractivity contribution is 0.0736. The van der Waals surface area contributed by atoms with E-state index in [0.717, 1.165) is 0 Å². The van der Waals surface area contributed by atoms with Crippen LogP contribution < -0.4 is 5.32 Å². The Morgan fingerprint density at radius 2 is 1.77 bits per heavy atom. The lowest BCUT2D eigenvalue weighted by Gasteiger charge is -2.22. The fourth-order valence-corrected chi connectivity index (χ4v) is 2.35. The van der Waals surface area contributed by atoms with Crippen LogP contribution in [0.4, 0.5) is 0 Å². The number of hydrogen-bond acceptors (Lipinski definition) is 5. The third kappa shape index (κ3) is 2.54. The molecular formula is C17H14N2O3. The highest BCUT2D eigenvalue weighted by atomic mass is 16.5. The van der Waals surface area contributed by atoms with Crippen molar-refractivity contribution in [1.29, 1.82) is 0 Å². The summed E-state index contributed by atoms with van der Waals surface area (Å²) in [5.41, 5.74) is 1.66. The van der Waals surface area contributed by atoms with Gasteiger partial charge in [-0.1, -0.05) is 30.3 Å². The van der Waals surface area contributed by atoms with Crippen LogP contribution in [0.2, 0.25) is 0 Å². The minimum absolute atomic E-state index is 0.200. The Morgan fingerprint density at radius 1 is 1.05 bits per heavy atom. The molecular weight excluding hydrogens is 280 g/mol. The number of pyridine rings is 1. The second kappa shape index (κ2) is 5.91. The molecule has 0 saturated heterocycles. The largest absolute Gasteiger partial charge is 0.356 e. The molecule has 0 fully saturated rings. The van der Waals surface area contributed by atoms with Crippen molar-refractivity contribution >= 4 is 11.6 Å². The van der Waals surface area contributed by atoms with Gasteiger partial charge in [-0.05, 0) is 12.1 Å². The minimum Gasteiger partial charge on any atom is -0.356 e. The van der Waals surface area contributed by atoms with Gasteiger partial charge >= 0.3 is 0 Å². The first-order chi connectivity index (χ1) is 10.7. The highest BCUT2D eigenvalue weighted by Gasteiger charge is 2.27. The number of Topliss-reactive ketones (excluding diaryl/α,β-unsaturated/α-hetero) is 1. The number of ether oxygens (including phenoxy) is 1. The van der Waals surface area contributed by atoms with E-state index in [-0.39, 0.29) is 17.3 Å². The van der Waals surface area contributed by atoms with Gasteiger partial charge in [0.1, 0.15) is 0 Å². The number of carbonyl (C=O) groups is 2. The maximum absolute atomic E-state index is 12.5.